The van der Waals surface area contributed by atoms with Gasteiger partial charge >= 0.3 is 0 Å². The maximum Gasteiger partial charge on any atom is 0.261 e. The van der Waals surface area contributed by atoms with E-state index in [2.05, 4.69) is 10.1 Å². The van der Waals surface area contributed by atoms with Crippen LogP contribution in [0.25, 0.3) is 11.5 Å². The molecule has 0 radical (unpaired) electrons. The fourth-order valence-electron chi connectivity index (χ4n) is 2.43. The Hall–Kier alpha value is -1.40. The van der Waals surface area contributed by atoms with E-state index in [1.165, 1.54) is 23.3 Å². The van der Waals surface area contributed by atoms with E-state index < -0.39 is 0 Å². The van der Waals surface area contributed by atoms with Gasteiger partial charge in [0, 0.05) is 11.5 Å². The summed E-state index contributed by atoms with van der Waals surface area (Å²) in [7, 11) is 0. The van der Waals surface area contributed by atoms with Gasteiger partial charge in [0.25, 0.3) is 5.89 Å². The van der Waals surface area contributed by atoms with Crippen molar-refractivity contribution in [1.82, 2.24) is 10.1 Å². The predicted octanol–water partition coefficient (Wildman–Crippen LogP) is 2.80. The van der Waals surface area contributed by atoms with Gasteiger partial charge in [0.2, 0.25) is 0 Å². The van der Waals surface area contributed by atoms with Crippen LogP contribution in [0.2, 0.25) is 0 Å². The summed E-state index contributed by atoms with van der Waals surface area (Å²) in [5.41, 5.74) is 8.38. The number of nitrogens with two attached hydrogens (primary N) is 1. The Morgan fingerprint density at radius 1 is 1.37 bits per heavy atom. The van der Waals surface area contributed by atoms with Crippen molar-refractivity contribution in [2.45, 2.75) is 39.2 Å². The lowest BCUT2D eigenvalue weighted by Crippen LogP contribution is -2.00. The number of fused-ring (bicyclic) bond motifs is 1. The number of aryl methyl sites for hydroxylation is 1. The van der Waals surface area contributed by atoms with Crippen LogP contribution in [0.5, 0.6) is 0 Å². The van der Waals surface area contributed by atoms with Crippen molar-refractivity contribution >= 4 is 16.3 Å². The first-order valence-electron chi connectivity index (χ1n) is 6.60. The average molecular weight is 279 g/mol. The Morgan fingerprint density at radius 2 is 2.21 bits per heavy atom. The highest BCUT2D eigenvalue weighted by molar-refractivity contribution is 7.16. The summed E-state index contributed by atoms with van der Waals surface area (Å²) in [5, 5.41) is 4.73. The number of hydrogen-bond acceptors (Lipinski definition) is 6. The first-order chi connectivity index (χ1) is 9.29. The SMILES string of the molecule is CCOCc1noc(-c2c(N)sc3c2CCCC3)n1. The summed E-state index contributed by atoms with van der Waals surface area (Å²) in [6, 6.07) is 0. The third-order valence-corrected chi connectivity index (χ3v) is 4.44. The van der Waals surface area contributed by atoms with Crippen molar-refractivity contribution in [3.05, 3.63) is 16.3 Å². The Labute approximate surface area is 115 Å². The van der Waals surface area contributed by atoms with Gasteiger partial charge in [-0.3, -0.25) is 0 Å². The molecule has 0 atom stereocenters. The Balaban J connectivity index is 1.93. The van der Waals surface area contributed by atoms with Gasteiger partial charge < -0.3 is 15.0 Å². The lowest BCUT2D eigenvalue weighted by Gasteiger charge is -2.10. The molecular weight excluding hydrogens is 262 g/mol. The Bertz CT molecular complexity index is 576. The largest absolute Gasteiger partial charge is 0.390 e. The molecule has 5 nitrogen and oxygen atoms in total. The van der Waals surface area contributed by atoms with Crippen molar-refractivity contribution in [2.75, 3.05) is 12.3 Å². The van der Waals surface area contributed by atoms with E-state index in [1.807, 2.05) is 6.92 Å². The number of ether oxygens (including phenoxy) is 1. The van der Waals surface area contributed by atoms with Crippen molar-refractivity contribution in [3.63, 3.8) is 0 Å². The molecule has 0 amide bonds. The molecule has 0 aromatic carbocycles. The Morgan fingerprint density at radius 3 is 3.05 bits per heavy atom. The van der Waals surface area contributed by atoms with Gasteiger partial charge in [-0.25, -0.2) is 0 Å². The van der Waals surface area contributed by atoms with Gasteiger partial charge in [-0.15, -0.1) is 11.3 Å². The fraction of sp³-hybridized carbons (Fsp3) is 0.538. The summed E-state index contributed by atoms with van der Waals surface area (Å²) < 4.78 is 10.6. The highest BCUT2D eigenvalue weighted by atomic mass is 32.1. The summed E-state index contributed by atoms with van der Waals surface area (Å²) >= 11 is 1.66. The molecule has 0 fully saturated rings. The smallest absolute Gasteiger partial charge is 0.261 e. The van der Waals surface area contributed by atoms with Crippen LogP contribution in [0.1, 0.15) is 36.0 Å². The third-order valence-electron chi connectivity index (χ3n) is 3.32. The minimum atomic E-state index is 0.381. The van der Waals surface area contributed by atoms with Crippen molar-refractivity contribution in [3.8, 4) is 11.5 Å². The molecule has 2 heterocycles. The van der Waals surface area contributed by atoms with E-state index in [0.29, 0.717) is 24.9 Å². The van der Waals surface area contributed by atoms with Crippen LogP contribution in [0.15, 0.2) is 4.52 Å². The maximum atomic E-state index is 6.12. The van der Waals surface area contributed by atoms with E-state index in [-0.39, 0.29) is 0 Å². The number of nitrogen functional groups attached to an aromatic ring is 1. The second kappa shape index (κ2) is 5.30. The highest BCUT2D eigenvalue weighted by Crippen LogP contribution is 2.41. The van der Waals surface area contributed by atoms with E-state index >= 15 is 0 Å². The second-order valence-electron chi connectivity index (χ2n) is 4.60. The molecule has 102 valence electrons. The first kappa shape index (κ1) is 12.6. The molecule has 1 aliphatic carbocycles. The van der Waals surface area contributed by atoms with Crippen molar-refractivity contribution in [1.29, 1.82) is 0 Å². The van der Waals surface area contributed by atoms with Crippen LogP contribution in [0, 0.1) is 0 Å². The second-order valence-corrected chi connectivity index (χ2v) is 5.74. The number of thiophene rings is 1. The summed E-state index contributed by atoms with van der Waals surface area (Å²) in [6.07, 6.45) is 4.62. The van der Waals surface area contributed by atoms with E-state index in [4.69, 9.17) is 15.0 Å². The molecule has 0 bridgehead atoms. The van der Waals surface area contributed by atoms with Crippen molar-refractivity contribution in [2.24, 2.45) is 0 Å². The molecule has 0 aliphatic heterocycles. The predicted molar refractivity (Wildman–Crippen MR) is 74.0 cm³/mol. The minimum Gasteiger partial charge on any atom is -0.390 e. The van der Waals surface area contributed by atoms with E-state index in [9.17, 15) is 0 Å². The van der Waals surface area contributed by atoms with E-state index in [0.717, 1.165) is 23.4 Å². The van der Waals surface area contributed by atoms with Crippen LogP contribution in [0.3, 0.4) is 0 Å². The summed E-state index contributed by atoms with van der Waals surface area (Å²) in [4.78, 5) is 5.76. The standard InChI is InChI=1S/C13H17N3O2S/c1-2-17-7-10-15-13(18-16-10)11-8-5-3-4-6-9(8)19-12(11)14/h2-7,14H2,1H3. The summed E-state index contributed by atoms with van der Waals surface area (Å²) in [6.45, 7) is 2.96. The lowest BCUT2D eigenvalue weighted by atomic mass is 9.95. The minimum absolute atomic E-state index is 0.381. The number of rotatable bonds is 4. The van der Waals surface area contributed by atoms with Crippen molar-refractivity contribution < 1.29 is 9.26 Å². The molecule has 0 saturated heterocycles. The molecule has 3 rings (SSSR count). The molecule has 2 aromatic heterocycles. The molecule has 0 unspecified atom stereocenters. The fourth-order valence-corrected chi connectivity index (χ4v) is 3.58. The van der Waals surface area contributed by atoms with Crippen LogP contribution in [-0.4, -0.2) is 16.7 Å². The van der Waals surface area contributed by atoms with Crippen LogP contribution >= 0.6 is 11.3 Å². The van der Waals surface area contributed by atoms with Gasteiger partial charge in [-0.05, 0) is 38.2 Å². The summed E-state index contributed by atoms with van der Waals surface area (Å²) in [5.74, 6) is 1.11. The van der Waals surface area contributed by atoms with Gasteiger partial charge in [-0.2, -0.15) is 4.98 Å². The molecule has 0 saturated carbocycles. The van der Waals surface area contributed by atoms with Crippen LogP contribution < -0.4 is 5.73 Å². The number of hydrogen-bond donors (Lipinski definition) is 1. The number of nitrogens with zero attached hydrogens (tertiary/aromatic N) is 2. The topological polar surface area (TPSA) is 74.2 Å². The quantitative estimate of drug-likeness (QED) is 0.931. The molecule has 19 heavy (non-hydrogen) atoms. The van der Waals surface area contributed by atoms with Gasteiger partial charge in [0.05, 0.1) is 10.6 Å². The van der Waals surface area contributed by atoms with Crippen LogP contribution in [0.4, 0.5) is 5.00 Å². The van der Waals surface area contributed by atoms with Gasteiger partial charge in [0.15, 0.2) is 5.82 Å². The zero-order chi connectivity index (χ0) is 13.2. The zero-order valence-corrected chi connectivity index (χ0v) is 11.8. The zero-order valence-electron chi connectivity index (χ0n) is 10.9. The third kappa shape index (κ3) is 2.37. The highest BCUT2D eigenvalue weighted by Gasteiger charge is 2.24. The molecule has 0 spiro atoms. The molecule has 6 heteroatoms. The van der Waals surface area contributed by atoms with Crippen LogP contribution in [-0.2, 0) is 24.2 Å². The van der Waals surface area contributed by atoms with Gasteiger partial charge in [-0.1, -0.05) is 5.16 Å². The molecule has 2 aromatic rings. The number of aromatic nitrogens is 2. The average Bonchev–Trinajstić information content (AvgIpc) is 2.99. The monoisotopic (exact) mass is 279 g/mol. The normalized spacial score (nSPS) is 14.6. The Kier molecular flexibility index (Phi) is 3.52. The maximum absolute atomic E-state index is 6.12. The lowest BCUT2D eigenvalue weighted by molar-refractivity contribution is 0.126. The number of anilines is 1. The molecule has 1 aliphatic rings. The van der Waals surface area contributed by atoms with Gasteiger partial charge in [0.1, 0.15) is 6.61 Å². The first-order valence-corrected chi connectivity index (χ1v) is 7.42. The molecule has 2 N–H and O–H groups in total. The van der Waals surface area contributed by atoms with E-state index in [1.54, 1.807) is 11.3 Å². The molecular formula is C13H17N3O2S.